The second kappa shape index (κ2) is 7.30. The monoisotopic (exact) mass is 367 g/mol. The van der Waals surface area contributed by atoms with Crippen molar-refractivity contribution in [2.45, 2.75) is 19.9 Å². The summed E-state index contributed by atoms with van der Waals surface area (Å²) in [6.45, 7) is 4.69. The first kappa shape index (κ1) is 16.3. The molecule has 0 aliphatic rings. The molecule has 2 aromatic carbocycles. The average Bonchev–Trinajstić information content (AvgIpc) is 2.46. The SMILES string of the molecule is CCOc1ccc(C(NC)c2cccc(Cl)c2C)c(Br)c1. The van der Waals surface area contributed by atoms with E-state index in [1.807, 2.05) is 45.2 Å². The average molecular weight is 369 g/mol. The zero-order chi connectivity index (χ0) is 15.4. The van der Waals surface area contributed by atoms with Crippen LogP contribution >= 0.6 is 27.5 Å². The summed E-state index contributed by atoms with van der Waals surface area (Å²) in [7, 11) is 1.95. The molecular weight excluding hydrogens is 350 g/mol. The largest absolute Gasteiger partial charge is 0.494 e. The van der Waals surface area contributed by atoms with Crippen LogP contribution in [0.25, 0.3) is 0 Å². The van der Waals surface area contributed by atoms with Gasteiger partial charge in [0, 0.05) is 9.50 Å². The van der Waals surface area contributed by atoms with Gasteiger partial charge in [0.05, 0.1) is 12.6 Å². The van der Waals surface area contributed by atoms with Crippen molar-refractivity contribution < 1.29 is 4.74 Å². The summed E-state index contributed by atoms with van der Waals surface area (Å²) in [4.78, 5) is 0. The molecule has 0 aliphatic heterocycles. The molecule has 0 amide bonds. The maximum absolute atomic E-state index is 6.25. The van der Waals surface area contributed by atoms with Crippen molar-refractivity contribution in [3.63, 3.8) is 0 Å². The van der Waals surface area contributed by atoms with Crippen molar-refractivity contribution in [1.82, 2.24) is 5.32 Å². The quantitative estimate of drug-likeness (QED) is 0.791. The van der Waals surface area contributed by atoms with Gasteiger partial charge in [0.1, 0.15) is 5.75 Å². The van der Waals surface area contributed by atoms with E-state index in [0.717, 1.165) is 26.4 Å². The fourth-order valence-electron chi connectivity index (χ4n) is 2.41. The molecule has 2 aromatic rings. The Labute approximate surface area is 139 Å². The Balaban J connectivity index is 2.44. The van der Waals surface area contributed by atoms with Crippen LogP contribution in [0.1, 0.15) is 29.7 Å². The molecule has 0 spiro atoms. The van der Waals surface area contributed by atoms with E-state index in [9.17, 15) is 0 Å². The molecule has 0 aromatic heterocycles. The van der Waals surface area contributed by atoms with Crippen LogP contribution in [0.3, 0.4) is 0 Å². The molecule has 112 valence electrons. The highest BCUT2D eigenvalue weighted by atomic mass is 79.9. The Hall–Kier alpha value is -1.03. The van der Waals surface area contributed by atoms with Crippen molar-refractivity contribution in [1.29, 1.82) is 0 Å². The molecule has 0 heterocycles. The zero-order valence-electron chi connectivity index (χ0n) is 12.4. The normalized spacial score (nSPS) is 12.2. The predicted molar refractivity (Wildman–Crippen MR) is 92.4 cm³/mol. The fourth-order valence-corrected chi connectivity index (χ4v) is 3.18. The second-order valence-electron chi connectivity index (χ2n) is 4.79. The number of hydrogen-bond donors (Lipinski definition) is 1. The molecule has 21 heavy (non-hydrogen) atoms. The summed E-state index contributed by atoms with van der Waals surface area (Å²) in [5.74, 6) is 0.866. The van der Waals surface area contributed by atoms with Crippen LogP contribution in [0.5, 0.6) is 5.75 Å². The Kier molecular flexibility index (Phi) is 5.68. The van der Waals surface area contributed by atoms with Crippen LogP contribution < -0.4 is 10.1 Å². The van der Waals surface area contributed by atoms with Gasteiger partial charge in [-0.15, -0.1) is 0 Å². The molecule has 1 N–H and O–H groups in total. The van der Waals surface area contributed by atoms with Crippen LogP contribution in [0.15, 0.2) is 40.9 Å². The summed E-state index contributed by atoms with van der Waals surface area (Å²) >= 11 is 9.90. The van der Waals surface area contributed by atoms with E-state index >= 15 is 0 Å². The smallest absolute Gasteiger partial charge is 0.120 e. The number of ether oxygens (including phenoxy) is 1. The highest BCUT2D eigenvalue weighted by Gasteiger charge is 2.18. The van der Waals surface area contributed by atoms with Crippen LogP contribution in [0.2, 0.25) is 5.02 Å². The highest BCUT2D eigenvalue weighted by Crippen LogP contribution is 2.34. The number of nitrogens with one attached hydrogen (secondary N) is 1. The van der Waals surface area contributed by atoms with Crippen molar-refractivity contribution in [3.8, 4) is 5.75 Å². The lowest BCUT2D eigenvalue weighted by Crippen LogP contribution is -2.19. The van der Waals surface area contributed by atoms with Crippen LogP contribution in [0, 0.1) is 6.92 Å². The van der Waals surface area contributed by atoms with E-state index in [1.54, 1.807) is 0 Å². The molecular formula is C17H19BrClNO. The molecule has 4 heteroatoms. The third-order valence-electron chi connectivity index (χ3n) is 3.50. The number of halogens is 2. The van der Waals surface area contributed by atoms with E-state index in [2.05, 4.69) is 33.4 Å². The molecule has 0 bridgehead atoms. The maximum Gasteiger partial charge on any atom is 0.120 e. The molecule has 2 nitrogen and oxygen atoms in total. The fraction of sp³-hybridized carbons (Fsp3) is 0.294. The van der Waals surface area contributed by atoms with Crippen LogP contribution in [0.4, 0.5) is 0 Å². The lowest BCUT2D eigenvalue weighted by atomic mass is 9.95. The van der Waals surface area contributed by atoms with Gasteiger partial charge in [-0.1, -0.05) is 45.7 Å². The Morgan fingerprint density at radius 2 is 2.00 bits per heavy atom. The molecule has 0 fully saturated rings. The minimum atomic E-state index is 0.0775. The first-order valence-corrected chi connectivity index (χ1v) is 8.10. The van der Waals surface area contributed by atoms with E-state index in [0.29, 0.717) is 6.61 Å². The number of benzene rings is 2. The summed E-state index contributed by atoms with van der Waals surface area (Å²) in [6, 6.07) is 12.2. The molecule has 1 unspecified atom stereocenters. The Bertz CT molecular complexity index is 630. The predicted octanol–water partition coefficient (Wildman–Crippen LogP) is 5.12. The summed E-state index contributed by atoms with van der Waals surface area (Å²) < 4.78 is 6.55. The van der Waals surface area contributed by atoms with Gasteiger partial charge in [0.25, 0.3) is 0 Å². The van der Waals surface area contributed by atoms with Gasteiger partial charge in [0.2, 0.25) is 0 Å². The third kappa shape index (κ3) is 3.60. The second-order valence-corrected chi connectivity index (χ2v) is 6.05. The lowest BCUT2D eigenvalue weighted by molar-refractivity contribution is 0.340. The van der Waals surface area contributed by atoms with E-state index in [-0.39, 0.29) is 6.04 Å². The van der Waals surface area contributed by atoms with Gasteiger partial charge in [-0.25, -0.2) is 0 Å². The zero-order valence-corrected chi connectivity index (χ0v) is 14.8. The van der Waals surface area contributed by atoms with Crippen molar-refractivity contribution >= 4 is 27.5 Å². The van der Waals surface area contributed by atoms with Gasteiger partial charge < -0.3 is 10.1 Å². The maximum atomic E-state index is 6.25. The van der Waals surface area contributed by atoms with E-state index < -0.39 is 0 Å². The van der Waals surface area contributed by atoms with Gasteiger partial charge >= 0.3 is 0 Å². The highest BCUT2D eigenvalue weighted by molar-refractivity contribution is 9.10. The number of hydrogen-bond acceptors (Lipinski definition) is 2. The van der Waals surface area contributed by atoms with E-state index in [1.165, 1.54) is 5.56 Å². The molecule has 2 rings (SSSR count). The van der Waals surface area contributed by atoms with Crippen LogP contribution in [-0.4, -0.2) is 13.7 Å². The standard InChI is InChI=1S/C17H19BrClNO/c1-4-21-12-8-9-14(15(18)10-12)17(20-3)13-6-5-7-16(19)11(13)2/h5-10,17,20H,4H2,1-3H3. The topological polar surface area (TPSA) is 21.3 Å². The summed E-state index contributed by atoms with van der Waals surface area (Å²) in [5, 5.41) is 4.15. The van der Waals surface area contributed by atoms with Crippen molar-refractivity contribution in [2.24, 2.45) is 0 Å². The first-order chi connectivity index (χ1) is 10.1. The third-order valence-corrected chi connectivity index (χ3v) is 4.60. The minimum absolute atomic E-state index is 0.0775. The minimum Gasteiger partial charge on any atom is -0.494 e. The van der Waals surface area contributed by atoms with Gasteiger partial charge in [-0.2, -0.15) is 0 Å². The van der Waals surface area contributed by atoms with Crippen molar-refractivity contribution in [2.75, 3.05) is 13.7 Å². The summed E-state index contributed by atoms with van der Waals surface area (Å²) in [5.41, 5.74) is 3.43. The van der Waals surface area contributed by atoms with E-state index in [4.69, 9.17) is 16.3 Å². The van der Waals surface area contributed by atoms with Crippen LogP contribution in [-0.2, 0) is 0 Å². The van der Waals surface area contributed by atoms with Crippen molar-refractivity contribution in [3.05, 3.63) is 62.6 Å². The molecule has 1 atom stereocenters. The molecule has 0 saturated heterocycles. The van der Waals surface area contributed by atoms with Gasteiger partial charge in [0.15, 0.2) is 0 Å². The molecule has 0 aliphatic carbocycles. The lowest BCUT2D eigenvalue weighted by Gasteiger charge is -2.21. The Morgan fingerprint density at radius 1 is 1.24 bits per heavy atom. The van der Waals surface area contributed by atoms with Gasteiger partial charge in [-0.3, -0.25) is 0 Å². The number of rotatable bonds is 5. The van der Waals surface area contributed by atoms with Gasteiger partial charge in [-0.05, 0) is 55.8 Å². The first-order valence-electron chi connectivity index (χ1n) is 6.93. The molecule has 0 saturated carbocycles. The molecule has 0 radical (unpaired) electrons. The summed E-state index contributed by atoms with van der Waals surface area (Å²) in [6.07, 6.45) is 0. The Morgan fingerprint density at radius 3 is 2.62 bits per heavy atom.